The van der Waals surface area contributed by atoms with E-state index in [0.29, 0.717) is 0 Å². The molecule has 0 aliphatic heterocycles. The van der Waals surface area contributed by atoms with E-state index in [1.807, 2.05) is 47.3 Å². The number of nitrogens with zero attached hydrogens (tertiary/aromatic N) is 2. The molecule has 3 heteroatoms. The van der Waals surface area contributed by atoms with Crippen molar-refractivity contribution in [2.75, 3.05) is 0 Å². The van der Waals surface area contributed by atoms with Crippen LogP contribution in [-0.4, -0.2) is 4.98 Å². The summed E-state index contributed by atoms with van der Waals surface area (Å²) in [5.41, 5.74) is 1.04. The Balaban J connectivity index is 2.16. The number of hydrogen-bond donors (Lipinski definition) is 0. The SMILES string of the molecule is Clc1cc[n+](Cc2ccccn2)cc1. The first kappa shape index (κ1) is 9.16. The third kappa shape index (κ3) is 2.30. The van der Waals surface area contributed by atoms with Crippen LogP contribution in [0.4, 0.5) is 0 Å². The van der Waals surface area contributed by atoms with Crippen LogP contribution in [0.15, 0.2) is 48.9 Å². The lowest BCUT2D eigenvalue weighted by Crippen LogP contribution is -2.33. The first-order valence-corrected chi connectivity index (χ1v) is 4.77. The molecule has 0 aliphatic rings. The highest BCUT2D eigenvalue weighted by atomic mass is 35.5. The molecule has 0 unspecified atom stereocenters. The summed E-state index contributed by atoms with van der Waals surface area (Å²) in [6, 6.07) is 9.63. The van der Waals surface area contributed by atoms with Gasteiger partial charge in [0.05, 0.1) is 5.02 Å². The van der Waals surface area contributed by atoms with Gasteiger partial charge in [0.2, 0.25) is 0 Å². The van der Waals surface area contributed by atoms with Gasteiger partial charge in [-0.05, 0) is 12.1 Å². The zero-order valence-electron chi connectivity index (χ0n) is 7.60. The molecule has 0 N–H and O–H groups in total. The minimum atomic E-state index is 0.752. The number of halogens is 1. The van der Waals surface area contributed by atoms with Crippen LogP contribution in [0.5, 0.6) is 0 Å². The molecule has 0 saturated carbocycles. The molecule has 2 heterocycles. The van der Waals surface area contributed by atoms with Gasteiger partial charge in [-0.25, -0.2) is 0 Å². The summed E-state index contributed by atoms with van der Waals surface area (Å²) in [6.07, 6.45) is 5.68. The smallest absolute Gasteiger partial charge is 0.190 e. The van der Waals surface area contributed by atoms with E-state index in [9.17, 15) is 0 Å². The molecular formula is C11H10ClN2+. The lowest BCUT2D eigenvalue weighted by atomic mass is 10.3. The first-order chi connectivity index (χ1) is 6.84. The fourth-order valence-electron chi connectivity index (χ4n) is 1.22. The molecule has 14 heavy (non-hydrogen) atoms. The van der Waals surface area contributed by atoms with Crippen molar-refractivity contribution in [1.82, 2.24) is 4.98 Å². The Morgan fingerprint density at radius 2 is 1.93 bits per heavy atom. The maximum absolute atomic E-state index is 5.79. The summed E-state index contributed by atoms with van der Waals surface area (Å²) in [5.74, 6) is 0. The van der Waals surface area contributed by atoms with E-state index < -0.39 is 0 Å². The Morgan fingerprint density at radius 3 is 2.57 bits per heavy atom. The molecule has 0 saturated heterocycles. The summed E-state index contributed by atoms with van der Waals surface area (Å²) in [5, 5.41) is 0.752. The molecule has 2 nitrogen and oxygen atoms in total. The summed E-state index contributed by atoms with van der Waals surface area (Å²) < 4.78 is 2.04. The highest BCUT2D eigenvalue weighted by molar-refractivity contribution is 6.30. The second-order valence-electron chi connectivity index (χ2n) is 3.01. The predicted octanol–water partition coefficient (Wildman–Crippen LogP) is 2.07. The number of aromatic nitrogens is 2. The van der Waals surface area contributed by atoms with Crippen molar-refractivity contribution in [3.05, 3.63) is 59.6 Å². The molecule has 2 aromatic heterocycles. The largest absolute Gasteiger partial charge is 0.255 e. The van der Waals surface area contributed by atoms with E-state index in [-0.39, 0.29) is 0 Å². The number of pyridine rings is 2. The van der Waals surface area contributed by atoms with Crippen molar-refractivity contribution in [3.8, 4) is 0 Å². The molecule has 0 atom stereocenters. The summed E-state index contributed by atoms with van der Waals surface area (Å²) in [4.78, 5) is 4.24. The van der Waals surface area contributed by atoms with Crippen LogP contribution in [0.2, 0.25) is 5.02 Å². The Morgan fingerprint density at radius 1 is 1.14 bits per heavy atom. The monoisotopic (exact) mass is 205 g/mol. The maximum Gasteiger partial charge on any atom is 0.190 e. The standard InChI is InChI=1S/C11H10ClN2/c12-10-4-7-14(8-5-10)9-11-3-1-2-6-13-11/h1-8H,9H2/q+1. The van der Waals surface area contributed by atoms with Gasteiger partial charge in [-0.2, -0.15) is 4.57 Å². The molecule has 0 bridgehead atoms. The molecule has 0 spiro atoms. The zero-order chi connectivity index (χ0) is 9.80. The lowest BCUT2D eigenvalue weighted by molar-refractivity contribution is -0.688. The average molecular weight is 206 g/mol. The van der Waals surface area contributed by atoms with Gasteiger partial charge in [-0.3, -0.25) is 4.98 Å². The average Bonchev–Trinajstić information content (AvgIpc) is 2.23. The van der Waals surface area contributed by atoms with Crippen molar-refractivity contribution in [2.45, 2.75) is 6.54 Å². The van der Waals surface area contributed by atoms with Gasteiger partial charge in [-0.15, -0.1) is 0 Å². The highest BCUT2D eigenvalue weighted by Gasteiger charge is 2.01. The van der Waals surface area contributed by atoms with E-state index in [0.717, 1.165) is 17.3 Å². The van der Waals surface area contributed by atoms with Crippen molar-refractivity contribution in [1.29, 1.82) is 0 Å². The Bertz CT molecular complexity index is 397. The third-order valence-corrected chi connectivity index (χ3v) is 2.17. The molecule has 0 aliphatic carbocycles. The molecule has 0 fully saturated rings. The molecular weight excluding hydrogens is 196 g/mol. The second-order valence-corrected chi connectivity index (χ2v) is 3.45. The predicted molar refractivity (Wildman–Crippen MR) is 55.0 cm³/mol. The Hall–Kier alpha value is -1.41. The van der Waals surface area contributed by atoms with Crippen LogP contribution in [0, 0.1) is 0 Å². The minimum Gasteiger partial charge on any atom is -0.255 e. The highest BCUT2D eigenvalue weighted by Crippen LogP contribution is 2.02. The minimum absolute atomic E-state index is 0.752. The van der Waals surface area contributed by atoms with Gasteiger partial charge < -0.3 is 0 Å². The quantitative estimate of drug-likeness (QED) is 0.686. The van der Waals surface area contributed by atoms with E-state index >= 15 is 0 Å². The van der Waals surface area contributed by atoms with E-state index in [2.05, 4.69) is 4.98 Å². The van der Waals surface area contributed by atoms with Crippen molar-refractivity contribution in [3.63, 3.8) is 0 Å². The van der Waals surface area contributed by atoms with Crippen molar-refractivity contribution >= 4 is 11.6 Å². The normalized spacial score (nSPS) is 10.1. The van der Waals surface area contributed by atoms with Crippen molar-refractivity contribution in [2.24, 2.45) is 0 Å². The molecule has 2 aromatic rings. The Kier molecular flexibility index (Phi) is 2.75. The van der Waals surface area contributed by atoms with E-state index in [1.165, 1.54) is 0 Å². The van der Waals surface area contributed by atoms with Crippen LogP contribution < -0.4 is 4.57 Å². The van der Waals surface area contributed by atoms with Gasteiger partial charge in [0.25, 0.3) is 0 Å². The molecule has 0 aromatic carbocycles. The second kappa shape index (κ2) is 4.20. The van der Waals surface area contributed by atoms with Crippen LogP contribution in [0.1, 0.15) is 5.69 Å². The molecule has 70 valence electrons. The topological polar surface area (TPSA) is 16.8 Å². The molecule has 0 radical (unpaired) electrons. The van der Waals surface area contributed by atoms with Gasteiger partial charge in [-0.1, -0.05) is 17.7 Å². The Labute approximate surface area is 87.8 Å². The zero-order valence-corrected chi connectivity index (χ0v) is 8.35. The fraction of sp³-hybridized carbons (Fsp3) is 0.0909. The van der Waals surface area contributed by atoms with Gasteiger partial charge in [0, 0.05) is 18.3 Å². The van der Waals surface area contributed by atoms with Gasteiger partial charge in [0.15, 0.2) is 18.9 Å². The summed E-state index contributed by atoms with van der Waals surface area (Å²) >= 11 is 5.79. The number of rotatable bonds is 2. The van der Waals surface area contributed by atoms with Crippen LogP contribution in [0.25, 0.3) is 0 Å². The summed E-state index contributed by atoms with van der Waals surface area (Å²) in [6.45, 7) is 0.776. The maximum atomic E-state index is 5.79. The molecule has 2 rings (SSSR count). The van der Waals surface area contributed by atoms with Gasteiger partial charge >= 0.3 is 0 Å². The summed E-state index contributed by atoms with van der Waals surface area (Å²) in [7, 11) is 0. The molecule has 0 amide bonds. The lowest BCUT2D eigenvalue weighted by Gasteiger charge is -1.95. The van der Waals surface area contributed by atoms with Gasteiger partial charge in [0.1, 0.15) is 5.69 Å². The number of hydrogen-bond acceptors (Lipinski definition) is 1. The van der Waals surface area contributed by atoms with E-state index in [4.69, 9.17) is 11.6 Å². The first-order valence-electron chi connectivity index (χ1n) is 4.39. The third-order valence-electron chi connectivity index (χ3n) is 1.92. The fourth-order valence-corrected chi connectivity index (χ4v) is 1.34. The van der Waals surface area contributed by atoms with Crippen molar-refractivity contribution < 1.29 is 4.57 Å². The van der Waals surface area contributed by atoms with Crippen LogP contribution in [-0.2, 0) is 6.54 Å². The van der Waals surface area contributed by atoms with E-state index in [1.54, 1.807) is 6.20 Å². The van der Waals surface area contributed by atoms with Crippen LogP contribution in [0.3, 0.4) is 0 Å². The van der Waals surface area contributed by atoms with Crippen LogP contribution >= 0.6 is 11.6 Å².